The van der Waals surface area contributed by atoms with Crippen LogP contribution >= 0.6 is 0 Å². The summed E-state index contributed by atoms with van der Waals surface area (Å²) in [7, 11) is 2.96. The van der Waals surface area contributed by atoms with E-state index >= 15 is 0 Å². The number of carbonyl (C=O) groups excluding carboxylic acids is 2. The highest BCUT2D eigenvalue weighted by Crippen LogP contribution is 2.28. The molecule has 0 unspecified atom stereocenters. The van der Waals surface area contributed by atoms with Crippen LogP contribution in [-0.4, -0.2) is 38.5 Å². The third kappa shape index (κ3) is 4.48. The topological polar surface area (TPSA) is 83.4 Å². The van der Waals surface area contributed by atoms with Gasteiger partial charge >= 0.3 is 11.9 Å². The Kier molecular flexibility index (Phi) is 6.19. The van der Waals surface area contributed by atoms with E-state index < -0.39 is 11.9 Å². The lowest BCUT2D eigenvalue weighted by Crippen LogP contribution is -2.20. The molecule has 0 atom stereocenters. The fourth-order valence-electron chi connectivity index (χ4n) is 1.50. The van der Waals surface area contributed by atoms with Crippen LogP contribution in [0.2, 0.25) is 0 Å². The second-order valence-electron chi connectivity index (χ2n) is 3.81. The van der Waals surface area contributed by atoms with Gasteiger partial charge < -0.3 is 19.0 Å². The number of carbonyl (C=O) groups is 2. The smallest absolute Gasteiger partial charge is 0.361 e. The van der Waals surface area contributed by atoms with Crippen LogP contribution in [0.15, 0.2) is 23.4 Å². The number of methoxy groups -OCH3 is 2. The summed E-state index contributed by atoms with van der Waals surface area (Å²) in [5.41, 5.74) is 0.250. The summed E-state index contributed by atoms with van der Waals surface area (Å²) in [4.78, 5) is 27.3. The van der Waals surface area contributed by atoms with Crippen LogP contribution in [0, 0.1) is 0 Å². The zero-order chi connectivity index (χ0) is 15.8. The quantitative estimate of drug-likeness (QED) is 0.342. The van der Waals surface area contributed by atoms with E-state index in [0.29, 0.717) is 17.1 Å². The van der Waals surface area contributed by atoms with Crippen molar-refractivity contribution in [3.05, 3.63) is 23.8 Å². The van der Waals surface area contributed by atoms with Crippen LogP contribution in [0.1, 0.15) is 19.4 Å². The molecule has 0 heterocycles. The van der Waals surface area contributed by atoms with Crippen molar-refractivity contribution in [1.82, 2.24) is 0 Å². The van der Waals surface area contributed by atoms with Gasteiger partial charge in [0.2, 0.25) is 0 Å². The molecule has 0 N–H and O–H groups in total. The van der Waals surface area contributed by atoms with E-state index in [1.54, 1.807) is 19.1 Å². The van der Waals surface area contributed by atoms with Crippen molar-refractivity contribution in [2.75, 3.05) is 20.8 Å². The number of benzene rings is 1. The van der Waals surface area contributed by atoms with E-state index in [0.717, 1.165) is 0 Å². The molecule has 0 aliphatic heterocycles. The number of rotatable bonds is 6. The molecule has 0 saturated heterocycles. The lowest BCUT2D eigenvalue weighted by Gasteiger charge is -2.10. The monoisotopic (exact) mass is 295 g/mol. The highest BCUT2D eigenvalue weighted by atomic mass is 16.7. The molecule has 0 saturated carbocycles. The lowest BCUT2D eigenvalue weighted by molar-refractivity contribution is -0.141. The van der Waals surface area contributed by atoms with Crippen molar-refractivity contribution in [1.29, 1.82) is 0 Å². The Morgan fingerprint density at radius 3 is 2.33 bits per heavy atom. The van der Waals surface area contributed by atoms with Gasteiger partial charge in [-0.2, -0.15) is 0 Å². The number of nitrogens with zero attached hydrogens (tertiary/aromatic N) is 1. The molecular formula is C14H17NO6. The van der Waals surface area contributed by atoms with E-state index in [2.05, 4.69) is 9.99 Å². The predicted molar refractivity (Wildman–Crippen MR) is 74.5 cm³/mol. The lowest BCUT2D eigenvalue weighted by atomic mass is 10.1. The molecule has 114 valence electrons. The number of hydrogen-bond acceptors (Lipinski definition) is 7. The molecule has 1 aromatic rings. The number of esters is 1. The Hall–Kier alpha value is -2.57. The summed E-state index contributed by atoms with van der Waals surface area (Å²) in [6, 6.07) is 4.73. The molecule has 7 heteroatoms. The molecule has 0 aromatic heterocycles. The summed E-state index contributed by atoms with van der Waals surface area (Å²) in [6.07, 6.45) is 0. The largest absolute Gasteiger partial charge is 0.493 e. The zero-order valence-electron chi connectivity index (χ0n) is 12.3. The van der Waals surface area contributed by atoms with Gasteiger partial charge in [0.1, 0.15) is 0 Å². The standard InChI is InChI=1S/C14H17NO6/c1-5-20-14(17)13(15-21-9(2)16)10-6-7-11(18-3)12(8-10)19-4/h6-8H,5H2,1-4H3. The second-order valence-corrected chi connectivity index (χ2v) is 3.81. The Bertz CT molecular complexity index is 552. The zero-order valence-corrected chi connectivity index (χ0v) is 12.3. The summed E-state index contributed by atoms with van der Waals surface area (Å²) in [5.74, 6) is -0.435. The van der Waals surface area contributed by atoms with Gasteiger partial charge in [-0.25, -0.2) is 9.59 Å². The van der Waals surface area contributed by atoms with Crippen molar-refractivity contribution in [2.24, 2.45) is 5.16 Å². The van der Waals surface area contributed by atoms with Gasteiger partial charge in [0.25, 0.3) is 0 Å². The summed E-state index contributed by atoms with van der Waals surface area (Å²) in [5, 5.41) is 3.54. The van der Waals surface area contributed by atoms with Crippen molar-refractivity contribution < 1.29 is 28.6 Å². The van der Waals surface area contributed by atoms with E-state index in [9.17, 15) is 9.59 Å². The van der Waals surface area contributed by atoms with Crippen LogP contribution in [0.5, 0.6) is 11.5 Å². The molecule has 0 aliphatic rings. The Morgan fingerprint density at radius 1 is 1.14 bits per heavy atom. The van der Waals surface area contributed by atoms with Crippen LogP contribution in [0.4, 0.5) is 0 Å². The molecule has 0 aliphatic carbocycles. The molecule has 7 nitrogen and oxygen atoms in total. The molecule has 0 radical (unpaired) electrons. The summed E-state index contributed by atoms with van der Waals surface area (Å²) >= 11 is 0. The number of ether oxygens (including phenoxy) is 3. The first kappa shape index (κ1) is 16.5. The maximum atomic E-state index is 11.9. The maximum Gasteiger partial charge on any atom is 0.361 e. The minimum atomic E-state index is -0.703. The average molecular weight is 295 g/mol. The predicted octanol–water partition coefficient (Wildman–Crippen LogP) is 1.53. The van der Waals surface area contributed by atoms with E-state index in [1.165, 1.54) is 27.2 Å². The van der Waals surface area contributed by atoms with Crippen molar-refractivity contribution >= 4 is 17.7 Å². The third-order valence-corrected chi connectivity index (χ3v) is 2.39. The molecule has 21 heavy (non-hydrogen) atoms. The van der Waals surface area contributed by atoms with Gasteiger partial charge in [0.15, 0.2) is 17.2 Å². The van der Waals surface area contributed by atoms with Crippen molar-refractivity contribution in [3.63, 3.8) is 0 Å². The van der Waals surface area contributed by atoms with Gasteiger partial charge in [-0.3, -0.25) is 0 Å². The van der Waals surface area contributed by atoms with E-state index in [-0.39, 0.29) is 12.3 Å². The fourth-order valence-corrected chi connectivity index (χ4v) is 1.50. The minimum absolute atomic E-state index is 0.131. The summed E-state index contributed by atoms with van der Waals surface area (Å²) < 4.78 is 15.2. The SMILES string of the molecule is CCOC(=O)C(=NOC(C)=O)c1ccc(OC)c(OC)c1. The minimum Gasteiger partial charge on any atom is -0.493 e. The van der Waals surface area contributed by atoms with Gasteiger partial charge in [-0.15, -0.1) is 0 Å². The number of oxime groups is 1. The van der Waals surface area contributed by atoms with Crippen LogP contribution in [-0.2, 0) is 19.2 Å². The van der Waals surface area contributed by atoms with Gasteiger partial charge in [-0.1, -0.05) is 5.16 Å². The van der Waals surface area contributed by atoms with Gasteiger partial charge in [-0.05, 0) is 25.1 Å². The Labute approximate surface area is 122 Å². The first-order valence-electron chi connectivity index (χ1n) is 6.18. The molecule has 1 aromatic carbocycles. The van der Waals surface area contributed by atoms with Gasteiger partial charge in [0, 0.05) is 12.5 Å². The normalized spacial score (nSPS) is 10.8. The Morgan fingerprint density at radius 2 is 1.81 bits per heavy atom. The molecule has 0 amide bonds. The molecule has 0 bridgehead atoms. The second kappa shape index (κ2) is 7.88. The highest BCUT2D eigenvalue weighted by molar-refractivity contribution is 6.43. The van der Waals surface area contributed by atoms with E-state index in [1.807, 2.05) is 0 Å². The van der Waals surface area contributed by atoms with E-state index in [4.69, 9.17) is 14.2 Å². The molecule has 1 rings (SSSR count). The molecule has 0 spiro atoms. The van der Waals surface area contributed by atoms with Crippen LogP contribution in [0.3, 0.4) is 0 Å². The molecular weight excluding hydrogens is 278 g/mol. The Balaban J connectivity index is 3.22. The van der Waals surface area contributed by atoms with Gasteiger partial charge in [0.05, 0.1) is 20.8 Å². The first-order valence-corrected chi connectivity index (χ1v) is 6.18. The fraction of sp³-hybridized carbons (Fsp3) is 0.357. The first-order chi connectivity index (χ1) is 10.0. The van der Waals surface area contributed by atoms with Crippen molar-refractivity contribution in [2.45, 2.75) is 13.8 Å². The average Bonchev–Trinajstić information content (AvgIpc) is 2.47. The summed E-state index contributed by atoms with van der Waals surface area (Å²) in [6.45, 7) is 3.02. The highest BCUT2D eigenvalue weighted by Gasteiger charge is 2.19. The molecule has 0 fully saturated rings. The van der Waals surface area contributed by atoms with Crippen molar-refractivity contribution in [3.8, 4) is 11.5 Å². The van der Waals surface area contributed by atoms with Crippen LogP contribution < -0.4 is 9.47 Å². The number of hydrogen-bond donors (Lipinski definition) is 0. The van der Waals surface area contributed by atoms with Crippen LogP contribution in [0.25, 0.3) is 0 Å². The maximum absolute atomic E-state index is 11.9. The third-order valence-electron chi connectivity index (χ3n) is 2.39.